The summed E-state index contributed by atoms with van der Waals surface area (Å²) < 4.78 is 54.1. The molecule has 4 fully saturated rings. The maximum absolute atomic E-state index is 15.3. The summed E-state index contributed by atoms with van der Waals surface area (Å²) in [5.41, 5.74) is 2.63. The molecule has 4 aliphatic heterocycles. The van der Waals surface area contributed by atoms with Gasteiger partial charge in [0.15, 0.2) is 18.2 Å². The van der Waals surface area contributed by atoms with Crippen LogP contribution in [0.15, 0.2) is 60.8 Å². The van der Waals surface area contributed by atoms with Crippen LogP contribution in [0.1, 0.15) is 106 Å². The molecule has 4 saturated heterocycles. The summed E-state index contributed by atoms with van der Waals surface area (Å²) in [5.74, 6) is -4.14. The molecular weight excluding hydrogens is 925 g/mol. The lowest BCUT2D eigenvalue weighted by Gasteiger charge is -2.50. The number of hydrogen-bond donors (Lipinski definition) is 3. The van der Waals surface area contributed by atoms with Gasteiger partial charge in [-0.15, -0.1) is 0 Å². The van der Waals surface area contributed by atoms with E-state index in [1.165, 1.54) is 12.1 Å². The first-order chi connectivity index (χ1) is 34.0. The molecule has 17 heteroatoms. The van der Waals surface area contributed by atoms with E-state index in [1.54, 1.807) is 41.7 Å². The van der Waals surface area contributed by atoms with Gasteiger partial charge in [-0.1, -0.05) is 76.2 Å². The summed E-state index contributed by atoms with van der Waals surface area (Å²) in [6, 6.07) is 17.0. The maximum atomic E-state index is 15.3. The first kappa shape index (κ1) is 55.7. The highest BCUT2D eigenvalue weighted by atomic mass is 16.7. The summed E-state index contributed by atoms with van der Waals surface area (Å²) in [7, 11) is 6.87. The van der Waals surface area contributed by atoms with Gasteiger partial charge in [0.05, 0.1) is 41.5 Å². The quantitative estimate of drug-likeness (QED) is 0.155. The number of hydrogen-bond acceptors (Lipinski definition) is 15. The SMILES string of the molecule is CC[C@H]1OC(=O)[C@H](C)C(OC2CC(C)(OC)C(O)C(C)O2)[C@H](C)[C@@H](OC2OC(C)CC(N(C)C)C2O)[C@](C)(OC)C[C@@H](C)C(=O)[C@H](C)[C@H]2N(NCc3cn(Cc4ccccc4)c4ccccc34)C(=O)O[C@]12C. The predicted octanol–water partition coefficient (Wildman–Crippen LogP) is 6.62. The van der Waals surface area contributed by atoms with Crippen molar-refractivity contribution in [1.29, 1.82) is 0 Å². The molecule has 400 valence electrons. The number of methoxy groups -OCH3 is 2. The zero-order chi connectivity index (χ0) is 52.6. The van der Waals surface area contributed by atoms with Gasteiger partial charge in [0.1, 0.15) is 30.1 Å². The summed E-state index contributed by atoms with van der Waals surface area (Å²) >= 11 is 0. The van der Waals surface area contributed by atoms with E-state index < -0.39 is 108 Å². The number of ketones is 1. The van der Waals surface area contributed by atoms with Crippen LogP contribution in [0, 0.1) is 23.7 Å². The van der Waals surface area contributed by atoms with Gasteiger partial charge in [0, 0.05) is 74.6 Å². The zero-order valence-electron chi connectivity index (χ0n) is 44.9. The van der Waals surface area contributed by atoms with E-state index in [2.05, 4.69) is 34.4 Å². The van der Waals surface area contributed by atoms with Crippen molar-refractivity contribution in [2.75, 3.05) is 28.3 Å². The Morgan fingerprint density at radius 3 is 2.17 bits per heavy atom. The Labute approximate surface area is 426 Å². The minimum atomic E-state index is -1.51. The number of carbonyl (C=O) groups is 3. The number of aromatic nitrogens is 1. The smallest absolute Gasteiger partial charge is 0.425 e. The number of benzene rings is 2. The molecule has 72 heavy (non-hydrogen) atoms. The van der Waals surface area contributed by atoms with Gasteiger partial charge in [0.25, 0.3) is 0 Å². The Bertz CT molecular complexity index is 2330. The lowest BCUT2D eigenvalue weighted by molar-refractivity contribution is -0.319. The van der Waals surface area contributed by atoms with Crippen LogP contribution in [0.4, 0.5) is 4.79 Å². The Balaban J connectivity index is 1.29. The Kier molecular flexibility index (Phi) is 17.4. The summed E-state index contributed by atoms with van der Waals surface area (Å²) in [6.07, 6.45) is -5.77. The van der Waals surface area contributed by atoms with E-state index >= 15 is 9.59 Å². The molecule has 1 amide bonds. The number of likely N-dealkylation sites (N-methyl/N-ethyl adjacent to an activating group) is 1. The normalized spacial score (nSPS) is 39.4. The number of nitrogens with zero attached hydrogens (tertiary/aromatic N) is 3. The average Bonchev–Trinajstić information content (AvgIpc) is 3.83. The van der Waals surface area contributed by atoms with Gasteiger partial charge >= 0.3 is 12.1 Å². The van der Waals surface area contributed by atoms with E-state index in [0.29, 0.717) is 13.0 Å². The lowest BCUT2D eigenvalue weighted by atomic mass is 9.73. The number of rotatable bonds is 13. The third kappa shape index (κ3) is 11.0. The van der Waals surface area contributed by atoms with Crippen molar-refractivity contribution in [1.82, 2.24) is 19.9 Å². The van der Waals surface area contributed by atoms with Crippen molar-refractivity contribution >= 4 is 28.7 Å². The number of ether oxygens (including phenoxy) is 8. The van der Waals surface area contributed by atoms with Gasteiger partial charge in [-0.3, -0.25) is 9.59 Å². The monoisotopic (exact) mass is 1010 g/mol. The molecule has 2 aromatic carbocycles. The van der Waals surface area contributed by atoms with Crippen LogP contribution < -0.4 is 5.43 Å². The minimum Gasteiger partial charge on any atom is -0.458 e. The topological polar surface area (TPSA) is 189 Å². The number of hydrazine groups is 1. The first-order valence-corrected chi connectivity index (χ1v) is 25.9. The molecule has 3 aromatic rings. The summed E-state index contributed by atoms with van der Waals surface area (Å²) in [6.45, 7) is 19.0. The first-order valence-electron chi connectivity index (χ1n) is 25.9. The van der Waals surface area contributed by atoms with Gasteiger partial charge < -0.3 is 57.6 Å². The highest BCUT2D eigenvalue weighted by Crippen LogP contribution is 2.44. The lowest BCUT2D eigenvalue weighted by Crippen LogP contribution is -2.62. The third-order valence-corrected chi connectivity index (χ3v) is 16.5. The van der Waals surface area contributed by atoms with E-state index in [9.17, 15) is 15.0 Å². The molecular formula is C55H82N4O13. The van der Waals surface area contributed by atoms with Crippen LogP contribution in [0.3, 0.4) is 0 Å². The van der Waals surface area contributed by atoms with Crippen molar-refractivity contribution in [3.63, 3.8) is 0 Å². The Hall–Kier alpha value is -4.01. The number of amides is 1. The van der Waals surface area contributed by atoms with Gasteiger partial charge in [-0.2, -0.15) is 0 Å². The van der Waals surface area contributed by atoms with Crippen molar-refractivity contribution in [2.24, 2.45) is 23.7 Å². The van der Waals surface area contributed by atoms with Crippen LogP contribution in [-0.2, 0) is 60.6 Å². The molecule has 18 atom stereocenters. The Morgan fingerprint density at radius 2 is 1.51 bits per heavy atom. The molecule has 4 aliphatic rings. The molecule has 0 aliphatic carbocycles. The van der Waals surface area contributed by atoms with Gasteiger partial charge in [-0.05, 0) is 92.1 Å². The van der Waals surface area contributed by atoms with E-state index in [0.717, 1.165) is 22.0 Å². The molecule has 0 spiro atoms. The molecule has 0 bridgehead atoms. The summed E-state index contributed by atoms with van der Waals surface area (Å²) in [4.78, 5) is 46.7. The highest BCUT2D eigenvalue weighted by molar-refractivity contribution is 5.86. The van der Waals surface area contributed by atoms with E-state index in [1.807, 2.05) is 90.0 Å². The van der Waals surface area contributed by atoms with Crippen molar-refractivity contribution in [3.05, 3.63) is 71.9 Å². The molecule has 0 saturated carbocycles. The Morgan fingerprint density at radius 1 is 0.847 bits per heavy atom. The largest absolute Gasteiger partial charge is 0.458 e. The third-order valence-electron chi connectivity index (χ3n) is 16.5. The number of para-hydroxylation sites is 1. The number of carbonyl (C=O) groups excluding carboxylic acids is 3. The van der Waals surface area contributed by atoms with Gasteiger partial charge in [-0.25, -0.2) is 15.2 Å². The number of esters is 1. The van der Waals surface area contributed by atoms with E-state index in [4.69, 9.17) is 37.9 Å². The molecule has 7 rings (SSSR count). The number of nitrogens with one attached hydrogen (secondary N) is 1. The van der Waals surface area contributed by atoms with Crippen LogP contribution >= 0.6 is 0 Å². The number of aliphatic hydroxyl groups is 2. The second-order valence-electron chi connectivity index (χ2n) is 21.9. The van der Waals surface area contributed by atoms with Crippen LogP contribution in [-0.4, -0.2) is 155 Å². The second kappa shape index (κ2) is 22.5. The molecule has 3 N–H and O–H groups in total. The maximum Gasteiger partial charge on any atom is 0.425 e. The number of cyclic esters (lactones) is 1. The average molecular weight is 1010 g/mol. The number of fused-ring (bicyclic) bond motifs is 2. The molecule has 0 radical (unpaired) electrons. The highest BCUT2D eigenvalue weighted by Gasteiger charge is 2.61. The standard InChI is InChI=1S/C55H82N4O13/c1-15-42-55(10)47(59(52(64)72-55)56-28-38-30-58(29-37-21-17-16-18-22-37)40-24-20-19-23-39(38)40)33(4)44(60)31(2)26-54(9,66-14)49(71-51-45(61)41(57(11)12)25-32(3)67-51)34(5)46(35(6)50(63)69-42)70-43-27-53(8,65-13)48(62)36(7)68-43/h16-24,30-36,41-43,45-49,51,56,61-62H,15,25-29H2,1-14H3/t31-,32?,33+,34+,35-,36?,41?,42-,43?,45?,46?,47-,48?,49-,51?,53?,54-,55-/m1/s1. The summed E-state index contributed by atoms with van der Waals surface area (Å²) in [5, 5.41) is 25.5. The van der Waals surface area contributed by atoms with Gasteiger partial charge in [0.2, 0.25) is 0 Å². The molecule has 1 aromatic heterocycles. The van der Waals surface area contributed by atoms with Crippen LogP contribution in [0.2, 0.25) is 0 Å². The van der Waals surface area contributed by atoms with Crippen molar-refractivity contribution in [3.8, 4) is 0 Å². The fourth-order valence-electron chi connectivity index (χ4n) is 12.2. The zero-order valence-corrected chi connectivity index (χ0v) is 44.9. The van der Waals surface area contributed by atoms with Crippen molar-refractivity contribution < 1.29 is 62.5 Å². The van der Waals surface area contributed by atoms with E-state index in [-0.39, 0.29) is 43.7 Å². The fraction of sp³-hybridized carbons (Fsp3) is 0.691. The minimum absolute atomic E-state index is 0.118. The van der Waals surface area contributed by atoms with Crippen LogP contribution in [0.5, 0.6) is 0 Å². The molecule has 9 unspecified atom stereocenters. The number of aliphatic hydroxyl groups excluding tert-OH is 2. The second-order valence-corrected chi connectivity index (χ2v) is 21.9. The van der Waals surface area contributed by atoms with Crippen LogP contribution in [0.25, 0.3) is 10.9 Å². The fourth-order valence-corrected chi connectivity index (χ4v) is 12.2. The number of Topliss-reactive ketones (excluding diaryl/α,β-unsaturated/α-hetero) is 1. The molecule has 17 nitrogen and oxygen atoms in total. The molecule has 5 heterocycles. The van der Waals surface area contributed by atoms with Crippen molar-refractivity contribution in [2.45, 2.75) is 192 Å². The predicted molar refractivity (Wildman–Crippen MR) is 269 cm³/mol.